The summed E-state index contributed by atoms with van der Waals surface area (Å²) in [5, 5.41) is 0. The average Bonchev–Trinajstić information content (AvgIpc) is 2.88. The second-order valence-corrected chi connectivity index (χ2v) is 6.30. The molecule has 7 heteroatoms. The number of halogens is 1. The van der Waals surface area contributed by atoms with E-state index in [-0.39, 0.29) is 12.0 Å². The molecule has 0 aromatic heterocycles. The molecule has 104 valence electrons. The SMILES string of the molecule is NNC(=O)C1CCC(CSc2cc(Br)ccc2N)O1. The molecule has 5 N–H and O–H groups in total. The van der Waals surface area contributed by atoms with Crippen LogP contribution in [0.4, 0.5) is 5.69 Å². The van der Waals surface area contributed by atoms with Crippen LogP contribution in [0.15, 0.2) is 27.6 Å². The number of benzene rings is 1. The quantitative estimate of drug-likeness (QED) is 0.254. The molecule has 0 spiro atoms. The van der Waals surface area contributed by atoms with Gasteiger partial charge in [-0.2, -0.15) is 0 Å². The number of nitrogens with one attached hydrogen (secondary N) is 1. The lowest BCUT2D eigenvalue weighted by molar-refractivity contribution is -0.131. The van der Waals surface area contributed by atoms with Crippen molar-refractivity contribution in [1.29, 1.82) is 0 Å². The lowest BCUT2D eigenvalue weighted by Crippen LogP contribution is -2.39. The molecule has 5 nitrogen and oxygen atoms in total. The number of hydrogen-bond donors (Lipinski definition) is 3. The van der Waals surface area contributed by atoms with Crippen molar-refractivity contribution in [2.24, 2.45) is 5.84 Å². The number of thioether (sulfide) groups is 1. The first-order valence-corrected chi connectivity index (χ1v) is 7.71. The van der Waals surface area contributed by atoms with Gasteiger partial charge in [-0.3, -0.25) is 10.2 Å². The van der Waals surface area contributed by atoms with Gasteiger partial charge in [0.2, 0.25) is 0 Å². The molecule has 0 saturated carbocycles. The van der Waals surface area contributed by atoms with Gasteiger partial charge in [-0.15, -0.1) is 11.8 Å². The Morgan fingerprint density at radius 2 is 2.32 bits per heavy atom. The number of rotatable bonds is 4. The second-order valence-electron chi connectivity index (χ2n) is 4.33. The third-order valence-electron chi connectivity index (χ3n) is 2.94. The summed E-state index contributed by atoms with van der Waals surface area (Å²) >= 11 is 5.06. The number of hydrogen-bond acceptors (Lipinski definition) is 5. The maximum absolute atomic E-state index is 11.3. The molecule has 1 fully saturated rings. The van der Waals surface area contributed by atoms with Crippen LogP contribution in [0.3, 0.4) is 0 Å². The van der Waals surface area contributed by atoms with Gasteiger partial charge in [-0.25, -0.2) is 5.84 Å². The number of nitrogen functional groups attached to an aromatic ring is 1. The zero-order valence-corrected chi connectivity index (χ0v) is 12.7. The Morgan fingerprint density at radius 3 is 3.05 bits per heavy atom. The maximum atomic E-state index is 11.3. The van der Waals surface area contributed by atoms with Gasteiger partial charge in [-0.05, 0) is 31.0 Å². The molecule has 1 amide bonds. The van der Waals surface area contributed by atoms with Gasteiger partial charge in [-0.1, -0.05) is 15.9 Å². The highest BCUT2D eigenvalue weighted by Crippen LogP contribution is 2.31. The number of ether oxygens (including phenoxy) is 1. The fourth-order valence-electron chi connectivity index (χ4n) is 1.93. The summed E-state index contributed by atoms with van der Waals surface area (Å²) in [5.74, 6) is 5.61. The molecule has 1 saturated heterocycles. The highest BCUT2D eigenvalue weighted by atomic mass is 79.9. The first-order valence-electron chi connectivity index (χ1n) is 5.94. The van der Waals surface area contributed by atoms with Crippen LogP contribution in [0.2, 0.25) is 0 Å². The normalized spacial score (nSPS) is 22.4. The highest BCUT2D eigenvalue weighted by Gasteiger charge is 2.30. The lowest BCUT2D eigenvalue weighted by atomic mass is 10.2. The predicted octanol–water partition coefficient (Wildman–Crippen LogP) is 1.66. The predicted molar refractivity (Wildman–Crippen MR) is 79.5 cm³/mol. The molecule has 0 radical (unpaired) electrons. The van der Waals surface area contributed by atoms with Crippen molar-refractivity contribution in [2.45, 2.75) is 29.9 Å². The molecule has 1 heterocycles. The molecule has 0 aliphatic carbocycles. The van der Waals surface area contributed by atoms with E-state index in [1.807, 2.05) is 18.2 Å². The molecule has 19 heavy (non-hydrogen) atoms. The van der Waals surface area contributed by atoms with E-state index in [0.29, 0.717) is 6.42 Å². The van der Waals surface area contributed by atoms with Crippen LogP contribution < -0.4 is 17.0 Å². The molecule has 1 aromatic carbocycles. The summed E-state index contributed by atoms with van der Waals surface area (Å²) in [7, 11) is 0. The van der Waals surface area contributed by atoms with Gasteiger partial charge in [0, 0.05) is 20.8 Å². The fourth-order valence-corrected chi connectivity index (χ4v) is 3.50. The molecule has 1 aliphatic heterocycles. The van der Waals surface area contributed by atoms with Gasteiger partial charge < -0.3 is 10.5 Å². The Labute approximate surface area is 124 Å². The molecule has 2 unspecified atom stereocenters. The number of hydrazine groups is 1. The highest BCUT2D eigenvalue weighted by molar-refractivity contribution is 9.10. The van der Waals surface area contributed by atoms with Crippen LogP contribution in [0, 0.1) is 0 Å². The second kappa shape index (κ2) is 6.60. The zero-order valence-electron chi connectivity index (χ0n) is 10.3. The Hall–Kier alpha value is -0.760. The zero-order chi connectivity index (χ0) is 13.8. The molecule has 2 rings (SSSR count). The Kier molecular flexibility index (Phi) is 5.09. The van der Waals surface area contributed by atoms with Crippen LogP contribution in [0.5, 0.6) is 0 Å². The number of amides is 1. The summed E-state index contributed by atoms with van der Waals surface area (Å²) in [6.45, 7) is 0. The van der Waals surface area contributed by atoms with Crippen molar-refractivity contribution in [3.05, 3.63) is 22.7 Å². The van der Waals surface area contributed by atoms with Crippen LogP contribution in [0.25, 0.3) is 0 Å². The molecule has 1 aromatic rings. The summed E-state index contributed by atoms with van der Waals surface area (Å²) in [6, 6.07) is 5.76. The van der Waals surface area contributed by atoms with Crippen LogP contribution >= 0.6 is 27.7 Å². The van der Waals surface area contributed by atoms with E-state index in [1.54, 1.807) is 11.8 Å². The van der Waals surface area contributed by atoms with Crippen molar-refractivity contribution in [3.8, 4) is 0 Å². The molecular weight excluding hydrogens is 330 g/mol. The monoisotopic (exact) mass is 345 g/mol. The topological polar surface area (TPSA) is 90.4 Å². The summed E-state index contributed by atoms with van der Waals surface area (Å²) in [6.07, 6.45) is 1.21. The van der Waals surface area contributed by atoms with Gasteiger partial charge in [0.05, 0.1) is 6.10 Å². The summed E-state index contributed by atoms with van der Waals surface area (Å²) in [4.78, 5) is 12.4. The summed E-state index contributed by atoms with van der Waals surface area (Å²) < 4.78 is 6.64. The first-order chi connectivity index (χ1) is 9.10. The minimum atomic E-state index is -0.421. The lowest BCUT2D eigenvalue weighted by Gasteiger charge is -2.13. The van der Waals surface area contributed by atoms with Gasteiger partial charge >= 0.3 is 0 Å². The van der Waals surface area contributed by atoms with Gasteiger partial charge in [0.1, 0.15) is 6.10 Å². The smallest absolute Gasteiger partial charge is 0.263 e. The van der Waals surface area contributed by atoms with Crippen molar-refractivity contribution < 1.29 is 9.53 Å². The third kappa shape index (κ3) is 3.85. The van der Waals surface area contributed by atoms with Crippen LogP contribution in [0.1, 0.15) is 12.8 Å². The molecule has 0 bridgehead atoms. The number of anilines is 1. The Morgan fingerprint density at radius 1 is 1.53 bits per heavy atom. The minimum Gasteiger partial charge on any atom is -0.398 e. The Bertz CT molecular complexity index is 472. The van der Waals surface area contributed by atoms with Crippen molar-refractivity contribution >= 4 is 39.3 Å². The van der Waals surface area contributed by atoms with Crippen LogP contribution in [-0.4, -0.2) is 23.9 Å². The van der Waals surface area contributed by atoms with Crippen molar-refractivity contribution in [3.63, 3.8) is 0 Å². The first kappa shape index (κ1) is 14.6. The van der Waals surface area contributed by atoms with Gasteiger partial charge in [0.15, 0.2) is 0 Å². The van der Waals surface area contributed by atoms with E-state index in [0.717, 1.165) is 27.2 Å². The van der Waals surface area contributed by atoms with E-state index >= 15 is 0 Å². The van der Waals surface area contributed by atoms with E-state index in [2.05, 4.69) is 21.4 Å². The molecule has 1 aliphatic rings. The average molecular weight is 346 g/mol. The fraction of sp³-hybridized carbons (Fsp3) is 0.417. The molecule has 2 atom stereocenters. The number of carbonyl (C=O) groups is 1. The van der Waals surface area contributed by atoms with E-state index in [1.165, 1.54) is 0 Å². The van der Waals surface area contributed by atoms with E-state index in [4.69, 9.17) is 16.3 Å². The number of nitrogens with two attached hydrogens (primary N) is 2. The van der Waals surface area contributed by atoms with Gasteiger partial charge in [0.25, 0.3) is 5.91 Å². The van der Waals surface area contributed by atoms with Crippen LogP contribution in [-0.2, 0) is 9.53 Å². The Balaban J connectivity index is 1.87. The van der Waals surface area contributed by atoms with E-state index < -0.39 is 6.10 Å². The van der Waals surface area contributed by atoms with E-state index in [9.17, 15) is 4.79 Å². The summed E-state index contributed by atoms with van der Waals surface area (Å²) in [5.41, 5.74) is 8.78. The van der Waals surface area contributed by atoms with Crippen molar-refractivity contribution in [1.82, 2.24) is 5.43 Å². The number of carbonyl (C=O) groups excluding carboxylic acids is 1. The third-order valence-corrected chi connectivity index (χ3v) is 4.64. The maximum Gasteiger partial charge on any atom is 0.263 e. The largest absolute Gasteiger partial charge is 0.398 e. The van der Waals surface area contributed by atoms with Crippen molar-refractivity contribution in [2.75, 3.05) is 11.5 Å². The standard InChI is InChI=1S/C12H16BrN3O2S/c13-7-1-3-9(14)11(5-7)19-6-8-2-4-10(18-8)12(17)16-15/h1,3,5,8,10H,2,4,6,14-15H2,(H,16,17). The minimum absolute atomic E-state index is 0.0608. The molecular formula is C12H16BrN3O2S.